The molecule has 1 aliphatic heterocycles. The minimum Gasteiger partial charge on any atom is -0.376 e. The van der Waals surface area contributed by atoms with Crippen LogP contribution in [0.25, 0.3) is 0 Å². The maximum Gasteiger partial charge on any atom is 0.236 e. The minimum atomic E-state index is -0.873. The number of rotatable bonds is 6. The van der Waals surface area contributed by atoms with E-state index in [1.165, 1.54) is 0 Å². The van der Waals surface area contributed by atoms with Gasteiger partial charge in [-0.2, -0.15) is 0 Å². The Morgan fingerprint density at radius 2 is 2.00 bits per heavy atom. The standard InChI is InChI=1S/C18H24N2O3/c1-13(14-6-3-2-4-7-14)20-17(22)18(9-10-18)16(21)19-12-15-8-5-11-23-15/h2-4,6-7,13,15H,5,8-12H2,1H3,(H,19,21)(H,20,22). The third-order valence-electron chi connectivity index (χ3n) is 4.78. The van der Waals surface area contributed by atoms with Crippen LogP contribution in [0.5, 0.6) is 0 Å². The van der Waals surface area contributed by atoms with E-state index in [9.17, 15) is 9.59 Å². The number of ether oxygens (including phenoxy) is 1. The highest BCUT2D eigenvalue weighted by atomic mass is 16.5. The number of nitrogens with one attached hydrogen (secondary N) is 2. The summed E-state index contributed by atoms with van der Waals surface area (Å²) in [7, 11) is 0. The summed E-state index contributed by atoms with van der Waals surface area (Å²) in [6, 6.07) is 9.67. The summed E-state index contributed by atoms with van der Waals surface area (Å²) < 4.78 is 5.50. The van der Waals surface area contributed by atoms with E-state index in [1.54, 1.807) is 0 Å². The largest absolute Gasteiger partial charge is 0.376 e. The van der Waals surface area contributed by atoms with E-state index >= 15 is 0 Å². The molecule has 2 amide bonds. The Balaban J connectivity index is 1.54. The number of carbonyl (C=O) groups is 2. The quantitative estimate of drug-likeness (QED) is 0.788. The molecule has 124 valence electrons. The lowest BCUT2D eigenvalue weighted by atomic mass is 10.0. The Morgan fingerprint density at radius 1 is 1.26 bits per heavy atom. The van der Waals surface area contributed by atoms with Gasteiger partial charge in [0.05, 0.1) is 12.1 Å². The lowest BCUT2D eigenvalue weighted by Crippen LogP contribution is -2.45. The fourth-order valence-electron chi connectivity index (χ4n) is 3.02. The second-order valence-electron chi connectivity index (χ2n) is 6.53. The molecule has 1 aromatic carbocycles. The van der Waals surface area contributed by atoms with Gasteiger partial charge in [-0.1, -0.05) is 30.3 Å². The fraction of sp³-hybridized carbons (Fsp3) is 0.556. The molecule has 2 N–H and O–H groups in total. The molecule has 0 spiro atoms. The lowest BCUT2D eigenvalue weighted by molar-refractivity contribution is -0.137. The molecule has 2 aliphatic rings. The normalized spacial score (nSPS) is 23.1. The molecule has 1 saturated carbocycles. The molecule has 23 heavy (non-hydrogen) atoms. The number of benzene rings is 1. The van der Waals surface area contributed by atoms with Gasteiger partial charge in [-0.15, -0.1) is 0 Å². The first kappa shape index (κ1) is 16.0. The Morgan fingerprint density at radius 3 is 2.61 bits per heavy atom. The van der Waals surface area contributed by atoms with Crippen LogP contribution in [0, 0.1) is 5.41 Å². The highest BCUT2D eigenvalue weighted by Gasteiger charge is 2.56. The highest BCUT2D eigenvalue weighted by Crippen LogP contribution is 2.46. The van der Waals surface area contributed by atoms with Crippen LogP contribution in [0.15, 0.2) is 30.3 Å². The van der Waals surface area contributed by atoms with Crippen LogP contribution < -0.4 is 10.6 Å². The van der Waals surface area contributed by atoms with E-state index in [4.69, 9.17) is 4.74 Å². The van der Waals surface area contributed by atoms with Crippen molar-refractivity contribution in [3.8, 4) is 0 Å². The first-order valence-corrected chi connectivity index (χ1v) is 8.38. The van der Waals surface area contributed by atoms with Gasteiger partial charge in [-0.25, -0.2) is 0 Å². The molecule has 0 aromatic heterocycles. The maximum atomic E-state index is 12.5. The van der Waals surface area contributed by atoms with E-state index < -0.39 is 5.41 Å². The third-order valence-corrected chi connectivity index (χ3v) is 4.78. The summed E-state index contributed by atoms with van der Waals surface area (Å²) in [5.74, 6) is -0.329. The zero-order chi connectivity index (χ0) is 16.3. The van der Waals surface area contributed by atoms with Gasteiger partial charge in [-0.05, 0) is 38.2 Å². The van der Waals surface area contributed by atoms with Gasteiger partial charge < -0.3 is 15.4 Å². The molecule has 1 heterocycles. The fourth-order valence-corrected chi connectivity index (χ4v) is 3.02. The SMILES string of the molecule is CC(NC(=O)C1(C(=O)NCC2CCCO2)CC1)c1ccccc1. The van der Waals surface area contributed by atoms with Gasteiger partial charge in [0.25, 0.3) is 0 Å². The Bertz CT molecular complexity index is 563. The zero-order valence-corrected chi connectivity index (χ0v) is 13.5. The first-order valence-electron chi connectivity index (χ1n) is 8.38. The van der Waals surface area contributed by atoms with E-state index in [2.05, 4.69) is 10.6 Å². The monoisotopic (exact) mass is 316 g/mol. The summed E-state index contributed by atoms with van der Waals surface area (Å²) in [5.41, 5.74) is 0.165. The maximum absolute atomic E-state index is 12.5. The Hall–Kier alpha value is -1.88. The summed E-state index contributed by atoms with van der Waals surface area (Å²) >= 11 is 0. The molecule has 2 unspecified atom stereocenters. The summed E-state index contributed by atoms with van der Waals surface area (Å²) in [6.45, 7) is 3.20. The van der Waals surface area contributed by atoms with E-state index in [-0.39, 0.29) is 24.0 Å². The topological polar surface area (TPSA) is 67.4 Å². The van der Waals surface area contributed by atoms with Gasteiger partial charge in [0.2, 0.25) is 11.8 Å². The van der Waals surface area contributed by atoms with Gasteiger partial charge in [0, 0.05) is 13.2 Å². The average Bonchev–Trinajstić information content (AvgIpc) is 3.23. The first-order chi connectivity index (χ1) is 11.1. The highest BCUT2D eigenvalue weighted by molar-refractivity contribution is 6.08. The van der Waals surface area contributed by atoms with Crippen molar-refractivity contribution in [1.29, 1.82) is 0 Å². The van der Waals surface area contributed by atoms with Crippen molar-refractivity contribution < 1.29 is 14.3 Å². The van der Waals surface area contributed by atoms with Crippen molar-refractivity contribution in [2.45, 2.75) is 44.8 Å². The molecule has 3 rings (SSSR count). The molecule has 5 heteroatoms. The van der Waals surface area contributed by atoms with Crippen LogP contribution in [-0.4, -0.2) is 31.1 Å². The predicted octanol–water partition coefficient (Wildman–Crippen LogP) is 1.94. The molecule has 0 bridgehead atoms. The lowest BCUT2D eigenvalue weighted by Gasteiger charge is -2.20. The van der Waals surface area contributed by atoms with Crippen LogP contribution in [0.2, 0.25) is 0 Å². The molecule has 1 aliphatic carbocycles. The molecular weight excluding hydrogens is 292 g/mol. The van der Waals surface area contributed by atoms with E-state index in [1.807, 2.05) is 37.3 Å². The molecule has 5 nitrogen and oxygen atoms in total. The van der Waals surface area contributed by atoms with Crippen molar-refractivity contribution in [2.24, 2.45) is 5.41 Å². The number of hydrogen-bond acceptors (Lipinski definition) is 3. The van der Waals surface area contributed by atoms with E-state index in [0.717, 1.165) is 25.0 Å². The predicted molar refractivity (Wildman–Crippen MR) is 86.7 cm³/mol. The number of carbonyl (C=O) groups excluding carboxylic acids is 2. The van der Waals surface area contributed by atoms with Crippen molar-refractivity contribution in [1.82, 2.24) is 10.6 Å². The molecule has 1 aromatic rings. The summed E-state index contributed by atoms with van der Waals surface area (Å²) in [4.78, 5) is 25.0. The van der Waals surface area contributed by atoms with Crippen molar-refractivity contribution in [3.63, 3.8) is 0 Å². The summed E-state index contributed by atoms with van der Waals surface area (Å²) in [5, 5.41) is 5.87. The molecule has 2 fully saturated rings. The second kappa shape index (κ2) is 6.71. The van der Waals surface area contributed by atoms with Gasteiger partial charge in [-0.3, -0.25) is 9.59 Å². The Kier molecular flexibility index (Phi) is 4.66. The van der Waals surface area contributed by atoms with Gasteiger partial charge in [0.15, 0.2) is 0 Å². The van der Waals surface area contributed by atoms with E-state index in [0.29, 0.717) is 19.4 Å². The van der Waals surface area contributed by atoms with Crippen LogP contribution >= 0.6 is 0 Å². The van der Waals surface area contributed by atoms with Crippen LogP contribution in [0.4, 0.5) is 0 Å². The third kappa shape index (κ3) is 3.55. The average molecular weight is 316 g/mol. The minimum absolute atomic E-state index is 0.0982. The van der Waals surface area contributed by atoms with Crippen LogP contribution in [-0.2, 0) is 14.3 Å². The zero-order valence-electron chi connectivity index (χ0n) is 13.5. The molecule has 0 radical (unpaired) electrons. The Labute approximate surface area is 136 Å². The van der Waals surface area contributed by atoms with Crippen LogP contribution in [0.3, 0.4) is 0 Å². The van der Waals surface area contributed by atoms with Gasteiger partial charge in [0.1, 0.15) is 5.41 Å². The van der Waals surface area contributed by atoms with Crippen molar-refractivity contribution in [2.75, 3.05) is 13.2 Å². The molecule has 1 saturated heterocycles. The smallest absolute Gasteiger partial charge is 0.236 e. The number of amides is 2. The van der Waals surface area contributed by atoms with Gasteiger partial charge >= 0.3 is 0 Å². The summed E-state index contributed by atoms with van der Waals surface area (Å²) in [6.07, 6.45) is 3.36. The van der Waals surface area contributed by atoms with Crippen LogP contribution in [0.1, 0.15) is 44.2 Å². The number of hydrogen-bond donors (Lipinski definition) is 2. The van der Waals surface area contributed by atoms with Crippen molar-refractivity contribution in [3.05, 3.63) is 35.9 Å². The van der Waals surface area contributed by atoms with Crippen molar-refractivity contribution >= 4 is 11.8 Å². The molecule has 2 atom stereocenters. The second-order valence-corrected chi connectivity index (χ2v) is 6.53. The molecular formula is C18H24N2O3.